The number of ether oxygens (including phenoxy) is 1. The highest BCUT2D eigenvalue weighted by Crippen LogP contribution is 2.31. The molecule has 0 spiro atoms. The molecule has 2 N–H and O–H groups in total. The van der Waals surface area contributed by atoms with Gasteiger partial charge in [0.1, 0.15) is 11.9 Å². The van der Waals surface area contributed by atoms with Crippen molar-refractivity contribution in [1.29, 1.82) is 0 Å². The third kappa shape index (κ3) is 1.79. The van der Waals surface area contributed by atoms with Crippen LogP contribution in [-0.4, -0.2) is 16.7 Å². The average Bonchev–Trinajstić information content (AvgIpc) is 3.13. The lowest BCUT2D eigenvalue weighted by atomic mass is 9.98. The highest BCUT2D eigenvalue weighted by atomic mass is 16.5. The van der Waals surface area contributed by atoms with E-state index in [1.807, 2.05) is 48.7 Å². The van der Waals surface area contributed by atoms with Gasteiger partial charge in [0.25, 0.3) is 0 Å². The van der Waals surface area contributed by atoms with Crippen molar-refractivity contribution in [1.82, 2.24) is 4.98 Å². The largest absolute Gasteiger partial charge is 0.493 e. The Kier molecular flexibility index (Phi) is 2.54. The zero-order chi connectivity index (χ0) is 13.5. The Balaban J connectivity index is 1.73. The third-order valence-corrected chi connectivity index (χ3v) is 3.92. The molecular formula is C17H15NO2. The molecule has 3 nitrogen and oxygen atoms in total. The molecule has 3 aromatic rings. The second kappa shape index (κ2) is 4.39. The topological polar surface area (TPSA) is 45.2 Å². The van der Waals surface area contributed by atoms with Crippen molar-refractivity contribution < 1.29 is 9.84 Å². The van der Waals surface area contributed by atoms with Crippen molar-refractivity contribution in [3.63, 3.8) is 0 Å². The fourth-order valence-electron chi connectivity index (χ4n) is 2.81. The summed E-state index contributed by atoms with van der Waals surface area (Å²) in [7, 11) is 0. The van der Waals surface area contributed by atoms with Crippen LogP contribution in [0.3, 0.4) is 0 Å². The van der Waals surface area contributed by atoms with Crippen LogP contribution in [-0.2, 0) is 6.42 Å². The molecule has 0 saturated heterocycles. The predicted octanol–water partition coefficient (Wildman–Crippen LogP) is 3.18. The first-order valence-electron chi connectivity index (χ1n) is 6.82. The molecule has 0 radical (unpaired) electrons. The van der Waals surface area contributed by atoms with Crippen LogP contribution in [0, 0.1) is 0 Å². The summed E-state index contributed by atoms with van der Waals surface area (Å²) in [4.78, 5) is 3.16. The lowest BCUT2D eigenvalue weighted by Crippen LogP contribution is -2.00. The Morgan fingerprint density at radius 1 is 1.05 bits per heavy atom. The van der Waals surface area contributed by atoms with Crippen LogP contribution in [0.15, 0.2) is 48.7 Å². The zero-order valence-electron chi connectivity index (χ0n) is 11.0. The van der Waals surface area contributed by atoms with Crippen LogP contribution in [0.25, 0.3) is 10.9 Å². The number of fused-ring (bicyclic) bond motifs is 2. The van der Waals surface area contributed by atoms with Gasteiger partial charge >= 0.3 is 0 Å². The van der Waals surface area contributed by atoms with Crippen LogP contribution in [0.1, 0.15) is 22.8 Å². The monoisotopic (exact) mass is 265 g/mol. The van der Waals surface area contributed by atoms with E-state index in [0.717, 1.165) is 40.8 Å². The number of aromatic amines is 1. The minimum Gasteiger partial charge on any atom is -0.493 e. The van der Waals surface area contributed by atoms with E-state index < -0.39 is 6.10 Å². The number of aliphatic hydroxyl groups is 1. The molecule has 1 aromatic heterocycles. The lowest BCUT2D eigenvalue weighted by Gasteiger charge is -2.13. The molecule has 3 heteroatoms. The number of aromatic nitrogens is 1. The second-order valence-corrected chi connectivity index (χ2v) is 5.19. The van der Waals surface area contributed by atoms with Crippen molar-refractivity contribution in [3.05, 3.63) is 65.4 Å². The molecule has 2 heterocycles. The van der Waals surface area contributed by atoms with Crippen molar-refractivity contribution in [3.8, 4) is 5.75 Å². The van der Waals surface area contributed by atoms with Crippen molar-refractivity contribution in [2.45, 2.75) is 12.5 Å². The van der Waals surface area contributed by atoms with E-state index in [-0.39, 0.29) is 0 Å². The molecule has 0 bridgehead atoms. The van der Waals surface area contributed by atoms with Crippen molar-refractivity contribution in [2.75, 3.05) is 6.61 Å². The van der Waals surface area contributed by atoms with E-state index in [0.29, 0.717) is 0 Å². The standard InChI is InChI=1S/C17H15NO2/c19-17(13-1-3-15-11(9-13)5-7-18-15)14-2-4-16-12(10-14)6-8-20-16/h1-5,7,9-10,17-19H,6,8H2. The summed E-state index contributed by atoms with van der Waals surface area (Å²) < 4.78 is 5.50. The molecule has 2 aromatic carbocycles. The maximum absolute atomic E-state index is 10.6. The quantitative estimate of drug-likeness (QED) is 0.747. The number of hydrogen-bond acceptors (Lipinski definition) is 2. The summed E-state index contributed by atoms with van der Waals surface area (Å²) in [5, 5.41) is 11.7. The first-order valence-corrected chi connectivity index (χ1v) is 6.82. The summed E-state index contributed by atoms with van der Waals surface area (Å²) in [5.41, 5.74) is 4.10. The third-order valence-electron chi connectivity index (χ3n) is 3.92. The highest BCUT2D eigenvalue weighted by molar-refractivity contribution is 5.80. The molecule has 100 valence electrons. The van der Waals surface area contributed by atoms with E-state index in [2.05, 4.69) is 4.98 Å². The SMILES string of the molecule is OC(c1ccc2c(c1)CCO2)c1ccc2[nH]ccc2c1. The molecule has 1 aliphatic heterocycles. The zero-order valence-corrected chi connectivity index (χ0v) is 11.0. The molecule has 0 fully saturated rings. The summed E-state index contributed by atoms with van der Waals surface area (Å²) in [6, 6.07) is 14.0. The average molecular weight is 265 g/mol. The second-order valence-electron chi connectivity index (χ2n) is 5.19. The molecule has 1 atom stereocenters. The minimum absolute atomic E-state index is 0.597. The highest BCUT2D eigenvalue weighted by Gasteiger charge is 2.16. The van der Waals surface area contributed by atoms with Gasteiger partial charge in [-0.2, -0.15) is 0 Å². The van der Waals surface area contributed by atoms with Crippen LogP contribution >= 0.6 is 0 Å². The maximum Gasteiger partial charge on any atom is 0.122 e. The number of rotatable bonds is 2. The van der Waals surface area contributed by atoms with Gasteiger partial charge in [0, 0.05) is 18.1 Å². The Hall–Kier alpha value is -2.26. The number of benzene rings is 2. The van der Waals surface area contributed by atoms with Gasteiger partial charge in [-0.05, 0) is 52.4 Å². The summed E-state index contributed by atoms with van der Waals surface area (Å²) >= 11 is 0. The summed E-state index contributed by atoms with van der Waals surface area (Å²) in [5.74, 6) is 0.946. The number of H-pyrrole nitrogens is 1. The van der Waals surface area contributed by atoms with Crippen LogP contribution in [0.2, 0.25) is 0 Å². The van der Waals surface area contributed by atoms with E-state index in [9.17, 15) is 5.11 Å². The molecule has 0 amide bonds. The van der Waals surface area contributed by atoms with Gasteiger partial charge in [-0.3, -0.25) is 0 Å². The molecular weight excluding hydrogens is 250 g/mol. The molecule has 4 rings (SSSR count). The van der Waals surface area contributed by atoms with Crippen LogP contribution in [0.5, 0.6) is 5.75 Å². The van der Waals surface area contributed by atoms with Crippen LogP contribution in [0.4, 0.5) is 0 Å². The van der Waals surface area contributed by atoms with Crippen LogP contribution < -0.4 is 4.74 Å². The Morgan fingerprint density at radius 2 is 1.90 bits per heavy atom. The van der Waals surface area contributed by atoms with E-state index >= 15 is 0 Å². The van der Waals surface area contributed by atoms with Gasteiger partial charge < -0.3 is 14.8 Å². The first kappa shape index (κ1) is 11.6. The van der Waals surface area contributed by atoms with Crippen molar-refractivity contribution in [2.24, 2.45) is 0 Å². The first-order chi connectivity index (χ1) is 9.81. The maximum atomic E-state index is 10.6. The molecule has 1 aliphatic rings. The minimum atomic E-state index is -0.597. The molecule has 0 saturated carbocycles. The van der Waals surface area contributed by atoms with E-state index in [1.54, 1.807) is 0 Å². The van der Waals surface area contributed by atoms with Crippen molar-refractivity contribution >= 4 is 10.9 Å². The summed E-state index contributed by atoms with van der Waals surface area (Å²) in [6.07, 6.45) is 2.24. The Bertz CT molecular complexity index is 776. The molecule has 20 heavy (non-hydrogen) atoms. The van der Waals surface area contributed by atoms with E-state index in [4.69, 9.17) is 4.74 Å². The lowest BCUT2D eigenvalue weighted by molar-refractivity contribution is 0.220. The van der Waals surface area contributed by atoms with Gasteiger partial charge in [-0.25, -0.2) is 0 Å². The summed E-state index contributed by atoms with van der Waals surface area (Å²) in [6.45, 7) is 0.740. The van der Waals surface area contributed by atoms with Gasteiger partial charge in [0.2, 0.25) is 0 Å². The number of aliphatic hydroxyl groups excluding tert-OH is 1. The predicted molar refractivity (Wildman–Crippen MR) is 78.0 cm³/mol. The van der Waals surface area contributed by atoms with Gasteiger partial charge in [0.15, 0.2) is 0 Å². The van der Waals surface area contributed by atoms with E-state index in [1.165, 1.54) is 5.56 Å². The Labute approximate surface area is 116 Å². The molecule has 1 unspecified atom stereocenters. The Morgan fingerprint density at radius 3 is 2.85 bits per heavy atom. The van der Waals surface area contributed by atoms with Gasteiger partial charge in [-0.1, -0.05) is 12.1 Å². The van der Waals surface area contributed by atoms with Gasteiger partial charge in [0.05, 0.1) is 6.61 Å². The fraction of sp³-hybridized carbons (Fsp3) is 0.176. The number of hydrogen-bond donors (Lipinski definition) is 2. The fourth-order valence-corrected chi connectivity index (χ4v) is 2.81. The number of nitrogens with one attached hydrogen (secondary N) is 1. The molecule has 0 aliphatic carbocycles. The van der Waals surface area contributed by atoms with Gasteiger partial charge in [-0.15, -0.1) is 0 Å². The smallest absolute Gasteiger partial charge is 0.122 e. The normalized spacial score (nSPS) is 15.1.